The number of amides is 2. The minimum atomic E-state index is -1.04. The normalized spacial score (nSPS) is 17.7. The van der Waals surface area contributed by atoms with Gasteiger partial charge < -0.3 is 29.6 Å². The van der Waals surface area contributed by atoms with Crippen LogP contribution in [-0.4, -0.2) is 82.6 Å². The molecule has 0 unspecified atom stereocenters. The predicted octanol–water partition coefficient (Wildman–Crippen LogP) is 4.00. The van der Waals surface area contributed by atoms with Crippen molar-refractivity contribution in [3.05, 3.63) is 51.6 Å². The number of carboxylic acid groups (broad SMARTS) is 1. The Kier molecular flexibility index (Phi) is 7.96. The van der Waals surface area contributed by atoms with Gasteiger partial charge in [-0.15, -0.1) is 0 Å². The number of nitrogens with one attached hydrogen (secondary N) is 1. The van der Waals surface area contributed by atoms with Crippen LogP contribution in [0.2, 0.25) is 0 Å². The van der Waals surface area contributed by atoms with Crippen molar-refractivity contribution in [3.63, 3.8) is 0 Å². The van der Waals surface area contributed by atoms with Gasteiger partial charge >= 0.3 is 12.2 Å². The number of aliphatic hydroxyl groups excluding tert-OH is 1. The zero-order valence-electron chi connectivity index (χ0n) is 23.3. The van der Waals surface area contributed by atoms with Crippen LogP contribution >= 0.6 is 22.6 Å². The Hall–Kier alpha value is -3.66. The zero-order valence-corrected chi connectivity index (χ0v) is 25.4. The molecule has 3 N–H and O–H groups in total. The lowest BCUT2D eigenvalue weighted by Gasteiger charge is -2.34. The van der Waals surface area contributed by atoms with Gasteiger partial charge in [0.05, 0.1) is 34.7 Å². The largest absolute Gasteiger partial charge is 0.465 e. The Morgan fingerprint density at radius 2 is 2.05 bits per heavy atom. The number of likely N-dealkylation sites (tertiary alicyclic amines) is 1. The average Bonchev–Trinajstić information content (AvgIpc) is 3.49. The Morgan fingerprint density at radius 3 is 2.73 bits per heavy atom. The topological polar surface area (TPSA) is 150 Å². The molecule has 0 saturated carbocycles. The summed E-state index contributed by atoms with van der Waals surface area (Å²) in [4.78, 5) is 37.1. The first-order valence-electron chi connectivity index (χ1n) is 13.3. The van der Waals surface area contributed by atoms with Crippen molar-refractivity contribution in [2.45, 2.75) is 52.4 Å². The number of rotatable bonds is 6. The number of hydrogen-bond donors (Lipinski definition) is 3. The molecule has 218 valence electrons. The third kappa shape index (κ3) is 6.32. The molecule has 2 atom stereocenters. The molecule has 0 aromatic carbocycles. The third-order valence-electron chi connectivity index (χ3n) is 6.89. The molecule has 2 amide bonds. The number of ether oxygens (including phenoxy) is 1. The molecular weight excluding hydrogens is 643 g/mol. The van der Waals surface area contributed by atoms with Crippen LogP contribution in [0.15, 0.2) is 36.8 Å². The van der Waals surface area contributed by atoms with Gasteiger partial charge in [-0.1, -0.05) is 6.07 Å². The quantitative estimate of drug-likeness (QED) is 0.258. The highest BCUT2D eigenvalue weighted by Gasteiger charge is 2.31. The number of aryl methyl sites for hydroxylation is 1. The Balaban J connectivity index is 1.49. The van der Waals surface area contributed by atoms with E-state index in [2.05, 4.69) is 33.0 Å². The molecule has 4 aromatic rings. The van der Waals surface area contributed by atoms with Gasteiger partial charge in [0.2, 0.25) is 0 Å². The number of anilines is 2. The van der Waals surface area contributed by atoms with Gasteiger partial charge in [0, 0.05) is 37.5 Å². The van der Waals surface area contributed by atoms with Gasteiger partial charge in [-0.25, -0.2) is 19.6 Å². The van der Waals surface area contributed by atoms with Gasteiger partial charge in [-0.05, 0) is 68.3 Å². The minimum Gasteiger partial charge on any atom is -0.465 e. The molecule has 14 heteroatoms. The van der Waals surface area contributed by atoms with E-state index in [1.165, 1.54) is 9.80 Å². The number of hydrogen-bond acceptors (Lipinski definition) is 8. The maximum atomic E-state index is 13.6. The lowest BCUT2D eigenvalue weighted by atomic mass is 9.94. The predicted molar refractivity (Wildman–Crippen MR) is 160 cm³/mol. The van der Waals surface area contributed by atoms with Gasteiger partial charge in [-0.3, -0.25) is 4.90 Å². The van der Waals surface area contributed by atoms with Crippen LogP contribution in [0.4, 0.5) is 21.2 Å². The lowest BCUT2D eigenvalue weighted by Crippen LogP contribution is -2.47. The molecule has 5 rings (SSSR count). The molecule has 5 heterocycles. The average molecular weight is 677 g/mol. The van der Waals surface area contributed by atoms with Gasteiger partial charge in [-0.2, -0.15) is 9.61 Å². The molecule has 1 saturated heterocycles. The summed E-state index contributed by atoms with van der Waals surface area (Å²) in [5.41, 5.74) is 2.29. The van der Waals surface area contributed by atoms with E-state index >= 15 is 0 Å². The van der Waals surface area contributed by atoms with Crippen molar-refractivity contribution in [1.82, 2.24) is 28.9 Å². The summed E-state index contributed by atoms with van der Waals surface area (Å²) in [5.74, 6) is 0.752. The van der Waals surface area contributed by atoms with Crippen molar-refractivity contribution < 1.29 is 24.5 Å². The number of piperidine rings is 1. The van der Waals surface area contributed by atoms with Crippen molar-refractivity contribution in [1.29, 1.82) is 0 Å². The van der Waals surface area contributed by atoms with Gasteiger partial charge in [0.15, 0.2) is 5.65 Å². The molecule has 4 aromatic heterocycles. The molecule has 0 radical (unpaired) electrons. The number of β-amino-alcohol motifs (C(OH)–C–C–N with tert-alkyl or cyclic N) is 1. The van der Waals surface area contributed by atoms with E-state index in [4.69, 9.17) is 14.7 Å². The van der Waals surface area contributed by atoms with Crippen LogP contribution in [0.1, 0.15) is 38.4 Å². The highest BCUT2D eigenvalue weighted by Crippen LogP contribution is 2.27. The molecule has 41 heavy (non-hydrogen) atoms. The fourth-order valence-corrected chi connectivity index (χ4v) is 5.30. The summed E-state index contributed by atoms with van der Waals surface area (Å²) in [5, 5.41) is 27.6. The number of carbonyl (C=O) groups excluding carboxylic acids is 1. The number of fused-ring (bicyclic) bond motifs is 2. The summed E-state index contributed by atoms with van der Waals surface area (Å²) in [6, 6.07) is 5.65. The van der Waals surface area contributed by atoms with Crippen molar-refractivity contribution in [3.8, 4) is 0 Å². The Morgan fingerprint density at radius 1 is 1.27 bits per heavy atom. The lowest BCUT2D eigenvalue weighted by molar-refractivity contribution is 0.0294. The first-order chi connectivity index (χ1) is 19.4. The summed E-state index contributed by atoms with van der Waals surface area (Å²) < 4.78 is 10.1. The van der Waals surface area contributed by atoms with E-state index in [0.717, 1.165) is 14.8 Å². The molecule has 1 fully saturated rings. The smallest absolute Gasteiger partial charge is 0.416 e. The van der Waals surface area contributed by atoms with Crippen LogP contribution in [-0.2, 0) is 11.3 Å². The minimum absolute atomic E-state index is 0.0603. The van der Waals surface area contributed by atoms with Crippen molar-refractivity contribution in [2.24, 2.45) is 5.92 Å². The summed E-state index contributed by atoms with van der Waals surface area (Å²) in [7, 11) is 0. The van der Waals surface area contributed by atoms with Crippen LogP contribution < -0.4 is 10.2 Å². The highest BCUT2D eigenvalue weighted by atomic mass is 127. The summed E-state index contributed by atoms with van der Waals surface area (Å²) in [6.45, 7) is 8.32. The SMILES string of the molecule is Cc1cccn2cc(CN(C(=O)OC(C)(C)C)c3cc(NC[C@H]4CCN(C(=O)O)C[C@@H]4O)nc4c(I)cnn34)nc12. The molecule has 13 nitrogen and oxygen atoms in total. The Labute approximate surface area is 250 Å². The van der Waals surface area contributed by atoms with E-state index in [-0.39, 0.29) is 19.0 Å². The third-order valence-corrected chi connectivity index (χ3v) is 7.65. The maximum Gasteiger partial charge on any atom is 0.416 e. The second-order valence-corrected chi connectivity index (χ2v) is 12.3. The number of carbonyl (C=O) groups is 2. The fraction of sp³-hybridized carbons (Fsp3) is 0.444. The van der Waals surface area contributed by atoms with E-state index in [1.807, 2.05) is 56.6 Å². The summed E-state index contributed by atoms with van der Waals surface area (Å²) >= 11 is 2.14. The molecule has 0 aliphatic carbocycles. The second kappa shape index (κ2) is 11.3. The van der Waals surface area contributed by atoms with Gasteiger partial charge in [0.25, 0.3) is 0 Å². The Bertz CT molecular complexity index is 1600. The molecular formula is C27H33IN8O5. The van der Waals surface area contributed by atoms with Crippen molar-refractivity contribution in [2.75, 3.05) is 29.9 Å². The zero-order chi connectivity index (χ0) is 29.5. The van der Waals surface area contributed by atoms with E-state index in [9.17, 15) is 19.8 Å². The van der Waals surface area contributed by atoms with Crippen molar-refractivity contribution >= 4 is 57.7 Å². The van der Waals surface area contributed by atoms with E-state index in [0.29, 0.717) is 42.5 Å². The number of aliphatic hydroxyl groups is 1. The highest BCUT2D eigenvalue weighted by molar-refractivity contribution is 14.1. The first-order valence-corrected chi connectivity index (χ1v) is 14.4. The fourth-order valence-electron chi connectivity index (χ4n) is 4.83. The number of imidazole rings is 1. The molecule has 1 aliphatic rings. The summed E-state index contributed by atoms with van der Waals surface area (Å²) in [6.07, 6.45) is 3.57. The second-order valence-electron chi connectivity index (χ2n) is 11.2. The van der Waals surface area contributed by atoms with E-state index in [1.54, 1.807) is 16.8 Å². The molecule has 1 aliphatic heterocycles. The van der Waals surface area contributed by atoms with Crippen LogP contribution in [0.5, 0.6) is 0 Å². The van der Waals surface area contributed by atoms with Gasteiger partial charge in [0.1, 0.15) is 22.9 Å². The number of nitrogens with zero attached hydrogens (tertiary/aromatic N) is 7. The van der Waals surface area contributed by atoms with Crippen LogP contribution in [0.25, 0.3) is 11.3 Å². The standard InChI is InChI=1S/C27H33IN8O5/c1-16-6-5-8-33-13-18(31-23(16)33)14-35(26(40)41-27(2,3)4)22-10-21(32-24-19(28)12-30-36(22)24)29-11-17-7-9-34(25(38)39)15-20(17)37/h5-6,8,10,12-13,17,20,37H,7,9,11,14-15H2,1-4H3,(H,29,32)(H,38,39)/t17-,20+/m1/s1. The monoisotopic (exact) mass is 676 g/mol. The van der Waals surface area contributed by atoms with Crippen LogP contribution in [0.3, 0.4) is 0 Å². The molecule has 0 bridgehead atoms. The number of halogens is 1. The number of aromatic nitrogens is 5. The van der Waals surface area contributed by atoms with E-state index < -0.39 is 23.9 Å². The maximum absolute atomic E-state index is 13.6. The molecule has 0 spiro atoms. The first kappa shape index (κ1) is 28.9. The van der Waals surface area contributed by atoms with Crippen LogP contribution in [0, 0.1) is 16.4 Å². The number of pyridine rings is 1.